The summed E-state index contributed by atoms with van der Waals surface area (Å²) in [6, 6.07) is 1.58. The second-order valence-electron chi connectivity index (χ2n) is 4.72. The van der Waals surface area contributed by atoms with Crippen LogP contribution in [0.15, 0.2) is 23.3 Å². The number of hydrogen-bond donors (Lipinski definition) is 1. The predicted molar refractivity (Wildman–Crippen MR) is 65.4 cm³/mol. The standard InChI is InChI=1S/C12H15N3O4/c1-8(11(17)18)9-5-15(6-9)10(16)7-14-4-2-3-13-12(14)19/h2-4,8-9H,5-7H2,1H3,(H,17,18). The molecule has 102 valence electrons. The number of aromatic nitrogens is 2. The molecule has 2 heterocycles. The zero-order valence-corrected chi connectivity index (χ0v) is 10.5. The van der Waals surface area contributed by atoms with Crippen molar-refractivity contribution in [1.82, 2.24) is 14.5 Å². The largest absolute Gasteiger partial charge is 0.481 e. The van der Waals surface area contributed by atoms with E-state index in [2.05, 4.69) is 4.98 Å². The summed E-state index contributed by atoms with van der Waals surface area (Å²) in [7, 11) is 0. The molecule has 0 radical (unpaired) electrons. The number of aliphatic carboxylic acids is 1. The third kappa shape index (κ3) is 2.81. The SMILES string of the molecule is CC(C(=O)O)C1CN(C(=O)Cn2cccnc2=O)C1. The fourth-order valence-electron chi connectivity index (χ4n) is 1.99. The monoisotopic (exact) mass is 265 g/mol. The Morgan fingerprint density at radius 1 is 1.53 bits per heavy atom. The highest BCUT2D eigenvalue weighted by Gasteiger charge is 2.36. The van der Waals surface area contributed by atoms with Crippen molar-refractivity contribution in [2.45, 2.75) is 13.5 Å². The van der Waals surface area contributed by atoms with Crippen molar-refractivity contribution in [3.8, 4) is 0 Å². The van der Waals surface area contributed by atoms with E-state index < -0.39 is 17.6 Å². The topological polar surface area (TPSA) is 92.5 Å². The average molecular weight is 265 g/mol. The van der Waals surface area contributed by atoms with E-state index in [1.165, 1.54) is 17.0 Å². The molecule has 1 amide bonds. The van der Waals surface area contributed by atoms with Gasteiger partial charge in [-0.05, 0) is 6.07 Å². The summed E-state index contributed by atoms with van der Waals surface area (Å²) in [6.45, 7) is 2.45. The number of rotatable bonds is 4. The first-order valence-electron chi connectivity index (χ1n) is 6.01. The smallest absolute Gasteiger partial charge is 0.347 e. The van der Waals surface area contributed by atoms with Gasteiger partial charge in [-0.2, -0.15) is 0 Å². The first kappa shape index (κ1) is 13.3. The number of amides is 1. The lowest BCUT2D eigenvalue weighted by molar-refractivity contribution is -0.150. The Hall–Kier alpha value is -2.18. The summed E-state index contributed by atoms with van der Waals surface area (Å²) < 4.78 is 1.23. The van der Waals surface area contributed by atoms with Gasteiger partial charge in [0.1, 0.15) is 6.54 Å². The van der Waals surface area contributed by atoms with E-state index in [0.717, 1.165) is 0 Å². The van der Waals surface area contributed by atoms with Gasteiger partial charge in [-0.3, -0.25) is 14.2 Å². The molecular formula is C12H15N3O4. The lowest BCUT2D eigenvalue weighted by Gasteiger charge is -2.41. The minimum atomic E-state index is -0.847. The third-order valence-corrected chi connectivity index (χ3v) is 3.45. The normalized spacial score (nSPS) is 16.8. The Morgan fingerprint density at radius 2 is 2.21 bits per heavy atom. The van der Waals surface area contributed by atoms with E-state index in [9.17, 15) is 14.4 Å². The van der Waals surface area contributed by atoms with E-state index in [4.69, 9.17) is 5.11 Å². The van der Waals surface area contributed by atoms with E-state index >= 15 is 0 Å². The summed E-state index contributed by atoms with van der Waals surface area (Å²) in [6.07, 6.45) is 2.88. The number of carboxylic acid groups (broad SMARTS) is 1. The summed E-state index contributed by atoms with van der Waals surface area (Å²) in [5, 5.41) is 8.86. The van der Waals surface area contributed by atoms with E-state index in [0.29, 0.717) is 13.1 Å². The van der Waals surface area contributed by atoms with Gasteiger partial charge >= 0.3 is 11.7 Å². The Labute approximate surface area is 109 Å². The Kier molecular flexibility index (Phi) is 3.64. The second-order valence-corrected chi connectivity index (χ2v) is 4.72. The van der Waals surface area contributed by atoms with Gasteiger partial charge in [-0.15, -0.1) is 0 Å². The van der Waals surface area contributed by atoms with Crippen LogP contribution in [-0.2, 0) is 16.1 Å². The molecule has 1 saturated heterocycles. The van der Waals surface area contributed by atoms with Gasteiger partial charge in [0.15, 0.2) is 0 Å². The third-order valence-electron chi connectivity index (χ3n) is 3.45. The van der Waals surface area contributed by atoms with Crippen LogP contribution in [0.4, 0.5) is 0 Å². The zero-order chi connectivity index (χ0) is 14.0. The van der Waals surface area contributed by atoms with Crippen LogP contribution in [0.3, 0.4) is 0 Å². The summed E-state index contributed by atoms with van der Waals surface area (Å²) in [5.74, 6) is -1.50. The first-order valence-corrected chi connectivity index (χ1v) is 6.01. The van der Waals surface area contributed by atoms with Crippen LogP contribution in [0.1, 0.15) is 6.92 Å². The number of carbonyl (C=O) groups is 2. The predicted octanol–water partition coefficient (Wildman–Crippen LogP) is -0.578. The van der Waals surface area contributed by atoms with Gasteiger partial charge in [-0.25, -0.2) is 9.78 Å². The van der Waals surface area contributed by atoms with Crippen LogP contribution in [0.5, 0.6) is 0 Å². The maximum Gasteiger partial charge on any atom is 0.347 e. The molecule has 0 bridgehead atoms. The number of hydrogen-bond acceptors (Lipinski definition) is 4. The van der Waals surface area contributed by atoms with E-state index in [-0.39, 0.29) is 18.4 Å². The molecule has 1 aromatic rings. The van der Waals surface area contributed by atoms with Gasteiger partial charge < -0.3 is 10.0 Å². The molecule has 0 aromatic carbocycles. The minimum Gasteiger partial charge on any atom is -0.481 e. The van der Waals surface area contributed by atoms with Crippen molar-refractivity contribution in [2.75, 3.05) is 13.1 Å². The van der Waals surface area contributed by atoms with Crippen molar-refractivity contribution < 1.29 is 14.7 Å². The molecular weight excluding hydrogens is 250 g/mol. The molecule has 1 aliphatic heterocycles. The maximum atomic E-state index is 11.9. The summed E-state index contributed by atoms with van der Waals surface area (Å²) in [5.41, 5.74) is -0.466. The van der Waals surface area contributed by atoms with Gasteiger partial charge in [0, 0.05) is 31.4 Å². The molecule has 7 nitrogen and oxygen atoms in total. The first-order chi connectivity index (χ1) is 8.99. The quantitative estimate of drug-likeness (QED) is 0.786. The molecule has 19 heavy (non-hydrogen) atoms. The number of nitrogens with zero attached hydrogens (tertiary/aromatic N) is 3. The van der Waals surface area contributed by atoms with Gasteiger partial charge in [0.05, 0.1) is 5.92 Å². The summed E-state index contributed by atoms with van der Waals surface area (Å²) in [4.78, 5) is 39.1. The molecule has 0 spiro atoms. The highest BCUT2D eigenvalue weighted by atomic mass is 16.4. The minimum absolute atomic E-state index is 0.00734. The van der Waals surface area contributed by atoms with Crippen LogP contribution < -0.4 is 5.69 Å². The van der Waals surface area contributed by atoms with Gasteiger partial charge in [0.2, 0.25) is 5.91 Å². The fourth-order valence-corrected chi connectivity index (χ4v) is 1.99. The van der Waals surface area contributed by atoms with Gasteiger partial charge in [-0.1, -0.05) is 6.92 Å². The van der Waals surface area contributed by atoms with Crippen molar-refractivity contribution in [3.63, 3.8) is 0 Å². The van der Waals surface area contributed by atoms with E-state index in [1.54, 1.807) is 17.9 Å². The maximum absolute atomic E-state index is 11.9. The highest BCUT2D eigenvalue weighted by Crippen LogP contribution is 2.24. The Bertz CT molecular complexity index is 548. The molecule has 0 aliphatic carbocycles. The van der Waals surface area contributed by atoms with Crippen LogP contribution in [0, 0.1) is 11.8 Å². The number of carboxylic acids is 1. The molecule has 1 fully saturated rings. The van der Waals surface area contributed by atoms with Gasteiger partial charge in [0.25, 0.3) is 0 Å². The van der Waals surface area contributed by atoms with Crippen molar-refractivity contribution in [2.24, 2.45) is 11.8 Å². The Balaban J connectivity index is 1.89. The van der Waals surface area contributed by atoms with E-state index in [1.807, 2.05) is 0 Å². The lowest BCUT2D eigenvalue weighted by Crippen LogP contribution is -2.54. The van der Waals surface area contributed by atoms with Crippen molar-refractivity contribution in [1.29, 1.82) is 0 Å². The molecule has 1 aliphatic rings. The molecule has 1 N–H and O–H groups in total. The second kappa shape index (κ2) is 5.21. The van der Waals surface area contributed by atoms with Crippen LogP contribution in [0.2, 0.25) is 0 Å². The highest BCUT2D eigenvalue weighted by molar-refractivity contribution is 5.77. The number of carbonyl (C=O) groups excluding carboxylic acids is 1. The fraction of sp³-hybridized carbons (Fsp3) is 0.500. The molecule has 1 atom stereocenters. The average Bonchev–Trinajstić information content (AvgIpc) is 2.30. The van der Waals surface area contributed by atoms with Crippen molar-refractivity contribution in [3.05, 3.63) is 28.9 Å². The summed E-state index contributed by atoms with van der Waals surface area (Å²) >= 11 is 0. The molecule has 1 aromatic heterocycles. The molecule has 0 saturated carbocycles. The zero-order valence-electron chi connectivity index (χ0n) is 10.5. The Morgan fingerprint density at radius 3 is 2.79 bits per heavy atom. The van der Waals surface area contributed by atoms with Crippen LogP contribution in [0.25, 0.3) is 0 Å². The lowest BCUT2D eigenvalue weighted by atomic mass is 9.87. The van der Waals surface area contributed by atoms with Crippen LogP contribution >= 0.6 is 0 Å². The molecule has 1 unspecified atom stereocenters. The van der Waals surface area contributed by atoms with Crippen LogP contribution in [-0.4, -0.2) is 44.5 Å². The molecule has 2 rings (SSSR count). The molecule has 7 heteroatoms. The number of likely N-dealkylation sites (tertiary alicyclic amines) is 1. The van der Waals surface area contributed by atoms with Crippen molar-refractivity contribution >= 4 is 11.9 Å².